The number of rotatable bonds is 6. The number of hydrogen-bond acceptors (Lipinski definition) is 5. The Morgan fingerprint density at radius 1 is 1.43 bits per heavy atom. The van der Waals surface area contributed by atoms with E-state index in [4.69, 9.17) is 0 Å². The summed E-state index contributed by atoms with van der Waals surface area (Å²) in [5.74, 6) is 0.190. The average Bonchev–Trinajstić information content (AvgIpc) is 3.07. The Hall–Kier alpha value is -1.44. The molecule has 0 saturated heterocycles. The summed E-state index contributed by atoms with van der Waals surface area (Å²) in [7, 11) is 3.58. The maximum atomic E-state index is 12.7. The number of aryl methyl sites for hydroxylation is 1. The quantitative estimate of drug-likeness (QED) is 0.841. The lowest BCUT2D eigenvalue weighted by molar-refractivity contribution is 0.0368. The molecule has 2 aromatic heterocycles. The van der Waals surface area contributed by atoms with Gasteiger partial charge in [-0.15, -0.1) is 11.3 Å². The molecule has 2 N–H and O–H groups in total. The van der Waals surface area contributed by atoms with Crippen molar-refractivity contribution in [3.05, 3.63) is 16.6 Å². The van der Waals surface area contributed by atoms with Gasteiger partial charge in [0.15, 0.2) is 0 Å². The molecule has 0 unspecified atom stereocenters. The molecule has 0 saturated carbocycles. The molecule has 0 aliphatic rings. The molecule has 23 heavy (non-hydrogen) atoms. The van der Waals surface area contributed by atoms with E-state index in [9.17, 15) is 15.0 Å². The van der Waals surface area contributed by atoms with E-state index in [1.807, 2.05) is 17.8 Å². The number of carbonyl (C=O) groups is 1. The van der Waals surface area contributed by atoms with E-state index in [0.717, 1.165) is 15.9 Å². The van der Waals surface area contributed by atoms with Crippen LogP contribution in [0.3, 0.4) is 0 Å². The van der Waals surface area contributed by atoms with Crippen molar-refractivity contribution in [2.75, 3.05) is 26.8 Å². The zero-order valence-electron chi connectivity index (χ0n) is 14.3. The smallest absolute Gasteiger partial charge is 0.263 e. The molecular formula is C16H25N3O3S. The van der Waals surface area contributed by atoms with Crippen molar-refractivity contribution in [1.29, 1.82) is 0 Å². The normalized spacial score (nSPS) is 12.3. The Bertz CT molecular complexity index is 701. The van der Waals surface area contributed by atoms with Crippen molar-refractivity contribution in [3.63, 3.8) is 0 Å². The third kappa shape index (κ3) is 3.41. The van der Waals surface area contributed by atoms with Crippen LogP contribution < -0.4 is 0 Å². The van der Waals surface area contributed by atoms with Crippen LogP contribution in [-0.2, 0) is 7.05 Å². The predicted octanol–water partition coefficient (Wildman–Crippen LogP) is 1.82. The highest BCUT2D eigenvalue weighted by molar-refractivity contribution is 7.20. The third-order valence-corrected chi connectivity index (χ3v) is 5.22. The lowest BCUT2D eigenvalue weighted by Crippen LogP contribution is -2.41. The Labute approximate surface area is 140 Å². The Kier molecular flexibility index (Phi) is 5.13. The average molecular weight is 339 g/mol. The topological polar surface area (TPSA) is 78.6 Å². The molecule has 0 fully saturated rings. The van der Waals surface area contributed by atoms with E-state index in [0.29, 0.717) is 17.3 Å². The standard InChI is InChI=1S/C16H25N3O3S/c1-10(2)13-11-6-12(23-15(11)19(5)17-13)14(22)18(4)7-16(3,8-20)9-21/h6,10,20-21H,7-9H2,1-5H3. The van der Waals surface area contributed by atoms with Gasteiger partial charge in [-0.25, -0.2) is 0 Å². The van der Waals surface area contributed by atoms with E-state index >= 15 is 0 Å². The minimum atomic E-state index is -0.703. The van der Waals surface area contributed by atoms with Crippen LogP contribution in [0.5, 0.6) is 0 Å². The highest BCUT2D eigenvalue weighted by Gasteiger charge is 2.28. The summed E-state index contributed by atoms with van der Waals surface area (Å²) >= 11 is 1.42. The molecule has 0 aliphatic carbocycles. The van der Waals surface area contributed by atoms with Gasteiger partial charge in [0, 0.05) is 31.4 Å². The molecule has 2 aromatic rings. The summed E-state index contributed by atoms with van der Waals surface area (Å²) in [5, 5.41) is 24.3. The summed E-state index contributed by atoms with van der Waals surface area (Å²) in [6.45, 7) is 5.87. The molecule has 0 aromatic carbocycles. The number of hydrogen-bond donors (Lipinski definition) is 2. The molecule has 0 spiro atoms. The van der Waals surface area contributed by atoms with Crippen LogP contribution in [-0.4, -0.2) is 57.6 Å². The van der Waals surface area contributed by atoms with Crippen molar-refractivity contribution in [3.8, 4) is 0 Å². The SMILES string of the molecule is CC(C)c1nn(C)c2sc(C(=O)N(C)CC(C)(CO)CO)cc12. The third-order valence-electron chi connectivity index (χ3n) is 4.03. The molecule has 0 bridgehead atoms. The summed E-state index contributed by atoms with van der Waals surface area (Å²) in [4.78, 5) is 15.8. The molecule has 6 nitrogen and oxygen atoms in total. The second-order valence-corrected chi connectivity index (χ2v) is 7.81. The van der Waals surface area contributed by atoms with Crippen LogP contribution in [0.4, 0.5) is 0 Å². The van der Waals surface area contributed by atoms with Crippen LogP contribution in [0.2, 0.25) is 0 Å². The van der Waals surface area contributed by atoms with Crippen molar-refractivity contribution in [1.82, 2.24) is 14.7 Å². The largest absolute Gasteiger partial charge is 0.396 e. The Morgan fingerprint density at radius 2 is 2.04 bits per heavy atom. The first-order valence-electron chi connectivity index (χ1n) is 7.66. The molecule has 1 amide bonds. The molecule has 0 atom stereocenters. The lowest BCUT2D eigenvalue weighted by atomic mass is 9.92. The lowest BCUT2D eigenvalue weighted by Gasteiger charge is -2.30. The maximum absolute atomic E-state index is 12.7. The first-order valence-corrected chi connectivity index (χ1v) is 8.47. The first-order chi connectivity index (χ1) is 10.7. The highest BCUT2D eigenvalue weighted by atomic mass is 32.1. The maximum Gasteiger partial charge on any atom is 0.263 e. The van der Waals surface area contributed by atoms with Gasteiger partial charge in [-0.2, -0.15) is 5.10 Å². The summed E-state index contributed by atoms with van der Waals surface area (Å²) in [5.41, 5.74) is 0.294. The van der Waals surface area contributed by atoms with Crippen molar-refractivity contribution >= 4 is 27.5 Å². The Balaban J connectivity index is 2.29. The second kappa shape index (κ2) is 6.59. The van der Waals surface area contributed by atoms with E-state index in [1.165, 1.54) is 11.3 Å². The van der Waals surface area contributed by atoms with Crippen molar-refractivity contribution in [2.45, 2.75) is 26.7 Å². The van der Waals surface area contributed by atoms with Gasteiger partial charge >= 0.3 is 0 Å². The van der Waals surface area contributed by atoms with Gasteiger partial charge in [0.2, 0.25) is 0 Å². The van der Waals surface area contributed by atoms with Gasteiger partial charge in [0.1, 0.15) is 4.83 Å². The summed E-state index contributed by atoms with van der Waals surface area (Å²) < 4.78 is 1.82. The highest BCUT2D eigenvalue weighted by Crippen LogP contribution is 2.32. The fraction of sp³-hybridized carbons (Fsp3) is 0.625. The zero-order chi connectivity index (χ0) is 17.4. The number of fused-ring (bicyclic) bond motifs is 1. The molecule has 0 radical (unpaired) electrons. The van der Waals surface area contributed by atoms with E-state index in [2.05, 4.69) is 18.9 Å². The molecule has 7 heteroatoms. The van der Waals surface area contributed by atoms with E-state index in [1.54, 1.807) is 18.9 Å². The van der Waals surface area contributed by atoms with Gasteiger partial charge in [0.25, 0.3) is 5.91 Å². The van der Waals surface area contributed by atoms with E-state index in [-0.39, 0.29) is 19.1 Å². The van der Waals surface area contributed by atoms with Crippen LogP contribution in [0.1, 0.15) is 42.1 Å². The molecule has 2 heterocycles. The zero-order valence-corrected chi connectivity index (χ0v) is 15.1. The molecule has 2 rings (SSSR count). The van der Waals surface area contributed by atoms with E-state index < -0.39 is 5.41 Å². The van der Waals surface area contributed by atoms with Crippen molar-refractivity contribution in [2.24, 2.45) is 12.5 Å². The van der Waals surface area contributed by atoms with Gasteiger partial charge < -0.3 is 15.1 Å². The minimum Gasteiger partial charge on any atom is -0.396 e. The molecule has 128 valence electrons. The minimum absolute atomic E-state index is 0.103. The van der Waals surface area contributed by atoms with Crippen LogP contribution in [0.15, 0.2) is 6.07 Å². The number of aliphatic hydroxyl groups is 2. The first kappa shape index (κ1) is 17.9. The monoisotopic (exact) mass is 339 g/mol. The molecule has 0 aliphatic heterocycles. The van der Waals surface area contributed by atoms with Crippen molar-refractivity contribution < 1.29 is 15.0 Å². The van der Waals surface area contributed by atoms with Gasteiger partial charge in [-0.3, -0.25) is 9.48 Å². The fourth-order valence-corrected chi connectivity index (χ4v) is 3.66. The van der Waals surface area contributed by atoms with Gasteiger partial charge in [0.05, 0.1) is 23.8 Å². The summed E-state index contributed by atoms with van der Waals surface area (Å²) in [6, 6.07) is 1.90. The number of amides is 1. The predicted molar refractivity (Wildman–Crippen MR) is 91.9 cm³/mol. The number of nitrogens with zero attached hydrogens (tertiary/aromatic N) is 3. The van der Waals surface area contributed by atoms with Crippen LogP contribution in [0, 0.1) is 5.41 Å². The Morgan fingerprint density at radius 3 is 2.57 bits per heavy atom. The second-order valence-electron chi connectivity index (χ2n) is 6.78. The van der Waals surface area contributed by atoms with Gasteiger partial charge in [-0.1, -0.05) is 20.8 Å². The van der Waals surface area contributed by atoms with Crippen LogP contribution in [0.25, 0.3) is 10.2 Å². The molecular weight excluding hydrogens is 314 g/mol. The number of aliphatic hydroxyl groups excluding tert-OH is 2. The fourth-order valence-electron chi connectivity index (χ4n) is 2.58. The van der Waals surface area contributed by atoms with Crippen LogP contribution >= 0.6 is 11.3 Å². The number of aromatic nitrogens is 2. The number of carbonyl (C=O) groups excluding carboxylic acids is 1. The van der Waals surface area contributed by atoms with Gasteiger partial charge in [-0.05, 0) is 12.0 Å². The number of thiophene rings is 1. The summed E-state index contributed by atoms with van der Waals surface area (Å²) in [6.07, 6.45) is 0.